The quantitative estimate of drug-likeness (QED) is 0.833. The predicted molar refractivity (Wildman–Crippen MR) is 73.9 cm³/mol. The summed E-state index contributed by atoms with van der Waals surface area (Å²) in [6, 6.07) is 10.2. The number of aromatic nitrogens is 2. The van der Waals surface area contributed by atoms with E-state index in [2.05, 4.69) is 33.2 Å². The van der Waals surface area contributed by atoms with E-state index in [-0.39, 0.29) is 0 Å². The number of para-hydroxylation sites is 1. The summed E-state index contributed by atoms with van der Waals surface area (Å²) in [5, 5.41) is 3.36. The fourth-order valence-electron chi connectivity index (χ4n) is 2.22. The maximum atomic E-state index is 4.38. The first-order chi connectivity index (χ1) is 8.92. The molecule has 1 aliphatic carbocycles. The average molecular weight is 241 g/mol. The first-order valence-corrected chi connectivity index (χ1v) is 6.75. The summed E-state index contributed by atoms with van der Waals surface area (Å²) in [6.07, 6.45) is 9.42. The molecule has 3 heteroatoms. The van der Waals surface area contributed by atoms with Gasteiger partial charge in [0.2, 0.25) is 5.95 Å². The molecule has 1 fully saturated rings. The molecule has 1 aliphatic rings. The second-order valence-corrected chi connectivity index (χ2v) is 5.02. The Hall–Kier alpha value is -1.77. The fourth-order valence-corrected chi connectivity index (χ4v) is 2.22. The van der Waals surface area contributed by atoms with Gasteiger partial charge in [0.05, 0.1) is 0 Å². The molecular formula is C15H19N3. The van der Waals surface area contributed by atoms with Crippen LogP contribution in [0.15, 0.2) is 42.7 Å². The molecule has 1 heterocycles. The largest absolute Gasteiger partial charge is 0.326 e. The molecule has 1 saturated carbocycles. The minimum atomic E-state index is 0.942. The van der Waals surface area contributed by atoms with Gasteiger partial charge >= 0.3 is 0 Å². The van der Waals surface area contributed by atoms with E-state index in [0.717, 1.165) is 24.1 Å². The van der Waals surface area contributed by atoms with E-state index < -0.39 is 0 Å². The van der Waals surface area contributed by atoms with Gasteiger partial charge in [0.1, 0.15) is 0 Å². The zero-order valence-electron chi connectivity index (χ0n) is 10.5. The monoisotopic (exact) mass is 241 g/mol. The van der Waals surface area contributed by atoms with Gasteiger partial charge < -0.3 is 9.88 Å². The van der Waals surface area contributed by atoms with Gasteiger partial charge in [0.25, 0.3) is 0 Å². The molecule has 0 bridgehead atoms. The smallest absolute Gasteiger partial charge is 0.207 e. The summed E-state index contributed by atoms with van der Waals surface area (Å²) in [5.41, 5.74) is 1.09. The van der Waals surface area contributed by atoms with Crippen LogP contribution in [-0.2, 0) is 6.54 Å². The normalized spacial score (nSPS) is 14.7. The van der Waals surface area contributed by atoms with Crippen LogP contribution in [0.3, 0.4) is 0 Å². The highest BCUT2D eigenvalue weighted by Gasteiger charge is 2.20. The van der Waals surface area contributed by atoms with Gasteiger partial charge in [-0.1, -0.05) is 31.0 Å². The third kappa shape index (κ3) is 2.92. The molecule has 0 unspecified atom stereocenters. The van der Waals surface area contributed by atoms with E-state index >= 15 is 0 Å². The van der Waals surface area contributed by atoms with E-state index in [1.54, 1.807) is 0 Å². The molecule has 3 nitrogen and oxygen atoms in total. The molecule has 94 valence electrons. The molecule has 0 spiro atoms. The van der Waals surface area contributed by atoms with Crippen molar-refractivity contribution in [1.82, 2.24) is 9.55 Å². The molecule has 1 N–H and O–H groups in total. The molecule has 1 aromatic heterocycles. The summed E-state index contributed by atoms with van der Waals surface area (Å²) in [5.74, 6) is 1.95. The highest BCUT2D eigenvalue weighted by atomic mass is 15.2. The van der Waals surface area contributed by atoms with Crippen molar-refractivity contribution in [3.63, 3.8) is 0 Å². The molecule has 0 amide bonds. The number of benzene rings is 1. The Balaban J connectivity index is 1.59. The van der Waals surface area contributed by atoms with E-state index in [9.17, 15) is 0 Å². The lowest BCUT2D eigenvalue weighted by Gasteiger charge is -2.09. The summed E-state index contributed by atoms with van der Waals surface area (Å²) < 4.78 is 2.20. The summed E-state index contributed by atoms with van der Waals surface area (Å²) in [7, 11) is 0. The second kappa shape index (κ2) is 5.25. The second-order valence-electron chi connectivity index (χ2n) is 5.02. The van der Waals surface area contributed by atoms with Crippen LogP contribution in [0.5, 0.6) is 0 Å². The van der Waals surface area contributed by atoms with Crippen molar-refractivity contribution in [3.05, 3.63) is 42.7 Å². The van der Waals surface area contributed by atoms with Crippen LogP contribution in [0.1, 0.15) is 25.7 Å². The number of anilines is 2. The van der Waals surface area contributed by atoms with Crippen molar-refractivity contribution in [2.24, 2.45) is 5.92 Å². The first kappa shape index (κ1) is 11.3. The van der Waals surface area contributed by atoms with Crippen molar-refractivity contribution in [2.45, 2.75) is 32.2 Å². The molecular weight excluding hydrogens is 222 g/mol. The molecule has 0 radical (unpaired) electrons. The topological polar surface area (TPSA) is 29.9 Å². The van der Waals surface area contributed by atoms with E-state index in [0.29, 0.717) is 0 Å². The molecule has 0 aliphatic heterocycles. The predicted octanol–water partition coefficient (Wildman–Crippen LogP) is 3.82. The third-order valence-electron chi connectivity index (χ3n) is 3.45. The van der Waals surface area contributed by atoms with Crippen LogP contribution in [0.4, 0.5) is 11.6 Å². The standard InChI is InChI=1S/C15H19N3/c1-2-6-14(7-3-1)17-15-16-10-12-18(15)11-4-5-13-8-9-13/h1-3,6-7,10,12-13H,4-5,8-9,11H2,(H,16,17). The van der Waals surface area contributed by atoms with Gasteiger partial charge in [0, 0.05) is 24.6 Å². The van der Waals surface area contributed by atoms with Crippen LogP contribution in [0, 0.1) is 5.92 Å². The molecule has 0 atom stereocenters. The number of aryl methyl sites for hydroxylation is 1. The molecule has 1 aromatic carbocycles. The number of nitrogens with one attached hydrogen (secondary N) is 1. The highest BCUT2D eigenvalue weighted by Crippen LogP contribution is 2.33. The van der Waals surface area contributed by atoms with Crippen LogP contribution >= 0.6 is 0 Å². The lowest BCUT2D eigenvalue weighted by Crippen LogP contribution is -2.03. The molecule has 18 heavy (non-hydrogen) atoms. The molecule has 0 saturated heterocycles. The number of rotatable bonds is 6. The van der Waals surface area contributed by atoms with Gasteiger partial charge in [-0.15, -0.1) is 0 Å². The van der Waals surface area contributed by atoms with Gasteiger partial charge in [-0.3, -0.25) is 0 Å². The van der Waals surface area contributed by atoms with Crippen molar-refractivity contribution in [2.75, 3.05) is 5.32 Å². The Bertz CT molecular complexity index is 485. The van der Waals surface area contributed by atoms with Crippen LogP contribution < -0.4 is 5.32 Å². The number of nitrogens with zero attached hydrogens (tertiary/aromatic N) is 2. The van der Waals surface area contributed by atoms with Crippen LogP contribution in [-0.4, -0.2) is 9.55 Å². The summed E-state index contributed by atoms with van der Waals surface area (Å²) in [6.45, 7) is 1.06. The van der Waals surface area contributed by atoms with Crippen LogP contribution in [0.25, 0.3) is 0 Å². The Kier molecular flexibility index (Phi) is 3.31. The minimum Gasteiger partial charge on any atom is -0.326 e. The van der Waals surface area contributed by atoms with E-state index in [1.165, 1.54) is 25.7 Å². The zero-order chi connectivity index (χ0) is 12.2. The SMILES string of the molecule is c1ccc(Nc2nccn2CCCC2CC2)cc1. The van der Waals surface area contributed by atoms with Crippen molar-refractivity contribution >= 4 is 11.6 Å². The zero-order valence-corrected chi connectivity index (χ0v) is 10.5. The van der Waals surface area contributed by atoms with Crippen LogP contribution in [0.2, 0.25) is 0 Å². The van der Waals surface area contributed by atoms with Gasteiger partial charge in [0.15, 0.2) is 0 Å². The Morgan fingerprint density at radius 2 is 2.06 bits per heavy atom. The van der Waals surface area contributed by atoms with Crippen molar-refractivity contribution < 1.29 is 0 Å². The Labute approximate surface area is 108 Å². The lowest BCUT2D eigenvalue weighted by atomic mass is 10.2. The third-order valence-corrected chi connectivity index (χ3v) is 3.45. The van der Waals surface area contributed by atoms with Gasteiger partial charge in [-0.2, -0.15) is 0 Å². The van der Waals surface area contributed by atoms with Crippen molar-refractivity contribution in [1.29, 1.82) is 0 Å². The number of hydrogen-bond acceptors (Lipinski definition) is 2. The van der Waals surface area contributed by atoms with Gasteiger partial charge in [-0.25, -0.2) is 4.98 Å². The van der Waals surface area contributed by atoms with Gasteiger partial charge in [-0.05, 0) is 30.9 Å². The maximum absolute atomic E-state index is 4.38. The maximum Gasteiger partial charge on any atom is 0.207 e. The summed E-state index contributed by atoms with van der Waals surface area (Å²) in [4.78, 5) is 4.38. The first-order valence-electron chi connectivity index (χ1n) is 6.75. The fraction of sp³-hybridized carbons (Fsp3) is 0.400. The number of hydrogen-bond donors (Lipinski definition) is 1. The minimum absolute atomic E-state index is 0.942. The highest BCUT2D eigenvalue weighted by molar-refractivity contribution is 5.52. The average Bonchev–Trinajstić information content (AvgIpc) is 3.12. The number of imidazole rings is 1. The van der Waals surface area contributed by atoms with Crippen molar-refractivity contribution in [3.8, 4) is 0 Å². The molecule has 2 aromatic rings. The van der Waals surface area contributed by atoms with E-state index in [1.807, 2.05) is 24.4 Å². The summed E-state index contributed by atoms with van der Waals surface area (Å²) >= 11 is 0. The Morgan fingerprint density at radius 1 is 1.22 bits per heavy atom. The van der Waals surface area contributed by atoms with E-state index in [4.69, 9.17) is 0 Å². The molecule has 3 rings (SSSR count). The lowest BCUT2D eigenvalue weighted by molar-refractivity contribution is 0.581. The Morgan fingerprint density at radius 3 is 2.83 bits per heavy atom.